The number of aromatic nitrogens is 1. The summed E-state index contributed by atoms with van der Waals surface area (Å²) in [4.78, 5) is 8.75. The summed E-state index contributed by atoms with van der Waals surface area (Å²) in [6.07, 6.45) is 4.97. The highest BCUT2D eigenvalue weighted by atomic mass is 35.5. The number of nitrogens with zero attached hydrogens (tertiary/aromatic N) is 2. The summed E-state index contributed by atoms with van der Waals surface area (Å²) in [5.74, 6) is 0.162. The maximum absolute atomic E-state index is 9.65. The van der Waals surface area contributed by atoms with Crippen LogP contribution in [0, 0.1) is 5.92 Å². The lowest BCUT2D eigenvalue weighted by atomic mass is 9.72. The van der Waals surface area contributed by atoms with Crippen LogP contribution in [0.3, 0.4) is 0 Å². The fourth-order valence-corrected chi connectivity index (χ4v) is 3.92. The molecular weight excluding hydrogens is 326 g/mol. The van der Waals surface area contributed by atoms with Crippen LogP contribution < -0.4 is 5.73 Å². The Balaban J connectivity index is 1.84. The molecule has 124 valence electrons. The van der Waals surface area contributed by atoms with E-state index < -0.39 is 5.54 Å². The van der Waals surface area contributed by atoms with Crippen molar-refractivity contribution < 1.29 is 9.84 Å². The number of nitrogens with two attached hydrogens (primary N) is 1. The van der Waals surface area contributed by atoms with E-state index in [0.29, 0.717) is 11.6 Å². The summed E-state index contributed by atoms with van der Waals surface area (Å²) in [5.41, 5.74) is 9.57. The molecule has 2 aromatic rings. The Morgan fingerprint density at radius 2 is 2.17 bits per heavy atom. The topological polar surface area (TPSA) is 80.7 Å². The van der Waals surface area contributed by atoms with E-state index >= 15 is 0 Å². The standard InChI is InChI=1S/C18H18ClN3O2/c19-15-4-14(7-21-8-15)12-1-2-13-3-11(9-23)6-18(16(13)5-12)10-24-17(20)22-18/h1-2,4-5,7-8,11,23H,3,6,9-10H2,(H2,20,22). The van der Waals surface area contributed by atoms with Crippen molar-refractivity contribution in [2.75, 3.05) is 13.2 Å². The summed E-state index contributed by atoms with van der Waals surface area (Å²) < 4.78 is 5.47. The van der Waals surface area contributed by atoms with E-state index in [-0.39, 0.29) is 18.5 Å². The van der Waals surface area contributed by atoms with Gasteiger partial charge in [-0.25, -0.2) is 4.99 Å². The first-order valence-corrected chi connectivity index (χ1v) is 8.31. The van der Waals surface area contributed by atoms with Gasteiger partial charge in [-0.15, -0.1) is 0 Å². The average Bonchev–Trinajstić information content (AvgIpc) is 2.95. The molecule has 0 amide bonds. The van der Waals surface area contributed by atoms with Gasteiger partial charge in [0.05, 0.1) is 5.02 Å². The smallest absolute Gasteiger partial charge is 0.283 e. The number of amidine groups is 1. The highest BCUT2D eigenvalue weighted by molar-refractivity contribution is 6.30. The first-order valence-electron chi connectivity index (χ1n) is 7.93. The second-order valence-corrected chi connectivity index (χ2v) is 6.93. The van der Waals surface area contributed by atoms with Gasteiger partial charge in [-0.1, -0.05) is 23.7 Å². The summed E-state index contributed by atoms with van der Waals surface area (Å²) in [6.45, 7) is 0.552. The second-order valence-electron chi connectivity index (χ2n) is 6.49. The molecule has 3 N–H and O–H groups in total. The molecule has 2 heterocycles. The van der Waals surface area contributed by atoms with Gasteiger partial charge in [-0.3, -0.25) is 4.98 Å². The monoisotopic (exact) mass is 343 g/mol. The zero-order valence-electron chi connectivity index (χ0n) is 13.1. The van der Waals surface area contributed by atoms with Crippen LogP contribution in [-0.2, 0) is 16.7 Å². The molecule has 0 saturated carbocycles. The molecule has 2 aliphatic rings. The van der Waals surface area contributed by atoms with Gasteiger partial charge in [-0.2, -0.15) is 0 Å². The highest BCUT2D eigenvalue weighted by Crippen LogP contribution is 2.44. The quantitative estimate of drug-likeness (QED) is 0.877. The molecule has 0 radical (unpaired) electrons. The van der Waals surface area contributed by atoms with Gasteiger partial charge >= 0.3 is 0 Å². The van der Waals surface area contributed by atoms with Crippen LogP contribution in [0.25, 0.3) is 11.1 Å². The van der Waals surface area contributed by atoms with Crippen LogP contribution in [0.2, 0.25) is 5.02 Å². The van der Waals surface area contributed by atoms with Crippen molar-refractivity contribution in [2.45, 2.75) is 18.4 Å². The van der Waals surface area contributed by atoms with Gasteiger partial charge in [0.1, 0.15) is 12.1 Å². The second kappa shape index (κ2) is 5.76. The van der Waals surface area contributed by atoms with Gasteiger partial charge in [0.15, 0.2) is 0 Å². The fraction of sp³-hybridized carbons (Fsp3) is 0.333. The number of rotatable bonds is 2. The molecule has 6 heteroatoms. The van der Waals surface area contributed by atoms with Gasteiger partial charge < -0.3 is 15.6 Å². The predicted molar refractivity (Wildman–Crippen MR) is 92.8 cm³/mol. The van der Waals surface area contributed by atoms with Crippen LogP contribution in [0.15, 0.2) is 41.7 Å². The number of halogens is 1. The molecule has 1 aromatic heterocycles. The van der Waals surface area contributed by atoms with E-state index in [1.165, 1.54) is 5.56 Å². The Kier molecular flexibility index (Phi) is 3.70. The summed E-state index contributed by atoms with van der Waals surface area (Å²) >= 11 is 6.07. The van der Waals surface area contributed by atoms with Crippen LogP contribution in [0.4, 0.5) is 0 Å². The van der Waals surface area contributed by atoms with Gasteiger partial charge in [0.2, 0.25) is 0 Å². The minimum Gasteiger partial charge on any atom is -0.462 e. The van der Waals surface area contributed by atoms with Crippen LogP contribution in [0.1, 0.15) is 17.5 Å². The van der Waals surface area contributed by atoms with Gasteiger partial charge in [0.25, 0.3) is 6.02 Å². The molecule has 24 heavy (non-hydrogen) atoms. The van der Waals surface area contributed by atoms with E-state index in [9.17, 15) is 5.11 Å². The number of hydrogen-bond donors (Lipinski definition) is 2. The molecular formula is C18H18ClN3O2. The predicted octanol–water partition coefficient (Wildman–Crippen LogP) is 2.50. The summed E-state index contributed by atoms with van der Waals surface area (Å²) in [5, 5.41) is 10.2. The van der Waals surface area contributed by atoms with Crippen molar-refractivity contribution in [3.05, 3.63) is 52.8 Å². The number of aliphatic hydroxyl groups excluding tert-OH is 1. The third-order valence-electron chi connectivity index (χ3n) is 4.83. The third-order valence-corrected chi connectivity index (χ3v) is 5.03. The average molecular weight is 344 g/mol. The lowest BCUT2D eigenvalue weighted by Crippen LogP contribution is -2.36. The molecule has 1 aliphatic heterocycles. The Morgan fingerprint density at radius 3 is 2.88 bits per heavy atom. The van der Waals surface area contributed by atoms with Crippen LogP contribution in [-0.4, -0.2) is 29.3 Å². The Morgan fingerprint density at radius 1 is 1.29 bits per heavy atom. The molecule has 5 nitrogen and oxygen atoms in total. The van der Waals surface area contributed by atoms with Gasteiger partial charge in [-0.05, 0) is 47.6 Å². The SMILES string of the molecule is NC1=NC2(CO1)CC(CO)Cc1ccc(-c3cncc(Cl)c3)cc12. The van der Waals surface area contributed by atoms with Crippen molar-refractivity contribution >= 4 is 17.6 Å². The van der Waals surface area contributed by atoms with Crippen molar-refractivity contribution in [3.8, 4) is 11.1 Å². The zero-order chi connectivity index (χ0) is 16.7. The Labute approximate surface area is 145 Å². The first-order chi connectivity index (χ1) is 11.6. The van der Waals surface area contributed by atoms with Crippen molar-refractivity contribution in [1.29, 1.82) is 0 Å². The Bertz CT molecular complexity index is 824. The largest absolute Gasteiger partial charge is 0.462 e. The number of fused-ring (bicyclic) bond motifs is 2. The number of benzene rings is 1. The molecule has 0 saturated heterocycles. The molecule has 0 bridgehead atoms. The van der Waals surface area contributed by atoms with Crippen molar-refractivity contribution in [2.24, 2.45) is 16.6 Å². The van der Waals surface area contributed by atoms with Crippen LogP contribution >= 0.6 is 11.6 Å². The van der Waals surface area contributed by atoms with E-state index in [4.69, 9.17) is 22.1 Å². The molecule has 2 unspecified atom stereocenters. The fourth-order valence-electron chi connectivity index (χ4n) is 3.75. The number of ether oxygens (including phenoxy) is 1. The van der Waals surface area contributed by atoms with E-state index in [0.717, 1.165) is 29.5 Å². The number of aliphatic hydroxyl groups is 1. The minimum absolute atomic E-state index is 0.135. The maximum Gasteiger partial charge on any atom is 0.283 e. The van der Waals surface area contributed by atoms with E-state index in [1.54, 1.807) is 12.4 Å². The number of pyridine rings is 1. The lowest BCUT2D eigenvalue weighted by Gasteiger charge is -2.36. The zero-order valence-corrected chi connectivity index (χ0v) is 13.8. The number of hydrogen-bond acceptors (Lipinski definition) is 5. The number of aliphatic imine (C=N–C) groups is 1. The summed E-state index contributed by atoms with van der Waals surface area (Å²) in [6, 6.07) is 8.39. The Hall–Kier alpha value is -2.11. The first kappa shape index (κ1) is 15.4. The molecule has 4 rings (SSSR count). The van der Waals surface area contributed by atoms with Crippen LogP contribution in [0.5, 0.6) is 0 Å². The maximum atomic E-state index is 9.65. The molecule has 1 spiro atoms. The molecule has 0 fully saturated rings. The third kappa shape index (κ3) is 2.54. The minimum atomic E-state index is -0.507. The molecule has 1 aliphatic carbocycles. The summed E-state index contributed by atoms with van der Waals surface area (Å²) in [7, 11) is 0. The lowest BCUT2D eigenvalue weighted by molar-refractivity contribution is 0.154. The van der Waals surface area contributed by atoms with E-state index in [1.807, 2.05) is 6.07 Å². The normalized spacial score (nSPS) is 25.2. The van der Waals surface area contributed by atoms with Crippen molar-refractivity contribution in [1.82, 2.24) is 4.98 Å². The molecule has 1 aromatic carbocycles. The van der Waals surface area contributed by atoms with Crippen molar-refractivity contribution in [3.63, 3.8) is 0 Å². The molecule has 2 atom stereocenters. The highest BCUT2D eigenvalue weighted by Gasteiger charge is 2.44. The van der Waals surface area contributed by atoms with Gasteiger partial charge in [0, 0.05) is 24.6 Å². The van der Waals surface area contributed by atoms with E-state index in [2.05, 4.69) is 28.2 Å².